The molecule has 9 atom stereocenters. The maximum Gasteiger partial charge on any atom is 0.335 e. The molecule has 0 amide bonds. The molecule has 44 heavy (non-hydrogen) atoms. The van der Waals surface area contributed by atoms with Crippen LogP contribution in [0.3, 0.4) is 0 Å². The third-order valence-electron chi connectivity index (χ3n) is 8.58. The van der Waals surface area contributed by atoms with Crippen LogP contribution in [0, 0.1) is 11.3 Å². The van der Waals surface area contributed by atoms with Gasteiger partial charge in [-0.15, -0.1) is 0 Å². The van der Waals surface area contributed by atoms with E-state index >= 15 is 0 Å². The molecule has 0 aromatic rings. The number of hydrogen-bond donors (Lipinski definition) is 3. The molecule has 0 aliphatic carbocycles. The molecule has 0 radical (unpaired) electrons. The van der Waals surface area contributed by atoms with Gasteiger partial charge in [0, 0.05) is 31.3 Å². The summed E-state index contributed by atoms with van der Waals surface area (Å²) in [6, 6.07) is 0. The Balaban J connectivity index is 1.80. The number of hydrogen-bond acceptors (Lipinski definition) is 9. The second kappa shape index (κ2) is 17.6. The van der Waals surface area contributed by atoms with Gasteiger partial charge in [-0.25, -0.2) is 9.59 Å². The molecule has 0 aromatic carbocycles. The Morgan fingerprint density at radius 1 is 1.16 bits per heavy atom. The Hall–Kier alpha value is -2.82. The molecule has 9 heteroatoms. The summed E-state index contributed by atoms with van der Waals surface area (Å²) >= 11 is 0. The number of rotatable bonds is 7. The van der Waals surface area contributed by atoms with Crippen molar-refractivity contribution in [2.75, 3.05) is 13.2 Å². The Bertz CT molecular complexity index is 1120. The van der Waals surface area contributed by atoms with Crippen LogP contribution < -0.4 is 0 Å². The van der Waals surface area contributed by atoms with Gasteiger partial charge in [0.25, 0.3) is 0 Å². The third kappa shape index (κ3) is 10.4. The van der Waals surface area contributed by atoms with Crippen molar-refractivity contribution in [1.82, 2.24) is 0 Å². The summed E-state index contributed by atoms with van der Waals surface area (Å²) in [7, 11) is 0. The van der Waals surface area contributed by atoms with Crippen molar-refractivity contribution in [3.8, 4) is 0 Å². The van der Waals surface area contributed by atoms with Gasteiger partial charge >= 0.3 is 11.9 Å². The molecule has 9 nitrogen and oxygen atoms in total. The zero-order valence-corrected chi connectivity index (χ0v) is 26.4. The minimum Gasteiger partial charge on any atom is -0.464 e. The smallest absolute Gasteiger partial charge is 0.335 e. The van der Waals surface area contributed by atoms with Crippen LogP contribution in [0.5, 0.6) is 0 Å². The van der Waals surface area contributed by atoms with Gasteiger partial charge in [0.2, 0.25) is 0 Å². The van der Waals surface area contributed by atoms with Crippen LogP contribution in [0.15, 0.2) is 72.4 Å². The molecule has 2 saturated heterocycles. The highest BCUT2D eigenvalue weighted by Crippen LogP contribution is 2.41. The van der Waals surface area contributed by atoms with E-state index in [1.165, 1.54) is 6.08 Å². The summed E-state index contributed by atoms with van der Waals surface area (Å²) in [5, 5.41) is 31.1. The van der Waals surface area contributed by atoms with Gasteiger partial charge in [0.1, 0.15) is 6.10 Å². The van der Waals surface area contributed by atoms with Crippen molar-refractivity contribution in [2.45, 2.75) is 109 Å². The van der Waals surface area contributed by atoms with Crippen molar-refractivity contribution < 1.29 is 43.9 Å². The van der Waals surface area contributed by atoms with Gasteiger partial charge < -0.3 is 34.3 Å². The molecule has 0 saturated carbocycles. The first-order valence-corrected chi connectivity index (χ1v) is 15.7. The SMILES string of the molecule is CCOC(=O)[C@H](O)C/C=C\C[C@@H]1O[C@@H]2/C=C/C/C=C\C(C)=C\[C@H]3O[C@@H](C/C=C/C=C\C(=O)O[C@H](C2)[C@@]1(C)CO)C[C@H](O)[C@H]3C. The molecule has 3 N–H and O–H groups in total. The van der Waals surface area contributed by atoms with E-state index in [1.54, 1.807) is 31.2 Å². The van der Waals surface area contributed by atoms with E-state index in [-0.39, 0.29) is 43.9 Å². The predicted octanol–water partition coefficient (Wildman–Crippen LogP) is 4.43. The molecule has 3 aliphatic rings. The van der Waals surface area contributed by atoms with Gasteiger partial charge in [-0.3, -0.25) is 0 Å². The summed E-state index contributed by atoms with van der Waals surface area (Å²) in [6.45, 7) is 7.46. The molecule has 0 aromatic heterocycles. The number of esters is 2. The molecular formula is C35H50O9. The van der Waals surface area contributed by atoms with Crippen LogP contribution in [0.25, 0.3) is 0 Å². The van der Waals surface area contributed by atoms with Crippen molar-refractivity contribution in [2.24, 2.45) is 11.3 Å². The first-order valence-electron chi connectivity index (χ1n) is 15.7. The summed E-state index contributed by atoms with van der Waals surface area (Å²) in [5.74, 6) is -1.21. The van der Waals surface area contributed by atoms with Crippen molar-refractivity contribution in [3.05, 3.63) is 72.4 Å². The van der Waals surface area contributed by atoms with Crippen molar-refractivity contribution in [1.29, 1.82) is 0 Å². The lowest BCUT2D eigenvalue weighted by atomic mass is 9.73. The van der Waals surface area contributed by atoms with E-state index in [0.29, 0.717) is 32.1 Å². The maximum atomic E-state index is 12.9. The topological polar surface area (TPSA) is 132 Å². The number of fused-ring (bicyclic) bond motifs is 4. The fourth-order valence-corrected chi connectivity index (χ4v) is 5.67. The third-order valence-corrected chi connectivity index (χ3v) is 8.58. The van der Waals surface area contributed by atoms with Gasteiger partial charge in [-0.2, -0.15) is 0 Å². The molecule has 3 heterocycles. The van der Waals surface area contributed by atoms with E-state index in [9.17, 15) is 24.9 Å². The summed E-state index contributed by atoms with van der Waals surface area (Å²) in [5.41, 5.74) is 0.162. The zero-order valence-electron chi connectivity index (χ0n) is 26.4. The van der Waals surface area contributed by atoms with Gasteiger partial charge in [0.15, 0.2) is 6.10 Å². The average molecular weight is 615 g/mol. The van der Waals surface area contributed by atoms with Crippen LogP contribution >= 0.6 is 0 Å². The molecule has 0 spiro atoms. The van der Waals surface area contributed by atoms with E-state index in [1.807, 2.05) is 51.2 Å². The van der Waals surface area contributed by atoms with Crippen LogP contribution in [-0.4, -0.2) is 83.2 Å². The highest BCUT2D eigenvalue weighted by atomic mass is 16.6. The second-order valence-corrected chi connectivity index (χ2v) is 12.1. The highest BCUT2D eigenvalue weighted by molar-refractivity contribution is 5.82. The number of aliphatic hydroxyl groups excluding tert-OH is 3. The molecule has 3 rings (SSSR count). The van der Waals surface area contributed by atoms with E-state index in [4.69, 9.17) is 18.9 Å². The highest BCUT2D eigenvalue weighted by Gasteiger charge is 2.49. The second-order valence-electron chi connectivity index (χ2n) is 12.1. The minimum absolute atomic E-state index is 0.0163. The van der Waals surface area contributed by atoms with Crippen LogP contribution in [0.1, 0.15) is 66.2 Å². The summed E-state index contributed by atoms with van der Waals surface area (Å²) in [6.07, 6.45) is 19.4. The lowest BCUT2D eigenvalue weighted by Gasteiger charge is -2.47. The zero-order chi connectivity index (χ0) is 32.1. The summed E-state index contributed by atoms with van der Waals surface area (Å²) in [4.78, 5) is 24.6. The number of ether oxygens (including phenoxy) is 4. The van der Waals surface area contributed by atoms with Crippen molar-refractivity contribution in [3.63, 3.8) is 0 Å². The van der Waals surface area contributed by atoms with Gasteiger partial charge in [-0.05, 0) is 33.1 Å². The minimum atomic E-state index is -1.25. The molecule has 2 fully saturated rings. The Morgan fingerprint density at radius 2 is 1.95 bits per heavy atom. The van der Waals surface area contributed by atoms with Crippen molar-refractivity contribution >= 4 is 11.9 Å². The molecule has 0 unspecified atom stereocenters. The number of allylic oxidation sites excluding steroid dienone is 6. The van der Waals surface area contributed by atoms with E-state index in [0.717, 1.165) is 5.57 Å². The Labute approximate surface area is 261 Å². The number of aliphatic hydroxyl groups is 3. The fourth-order valence-electron chi connectivity index (χ4n) is 5.67. The Kier molecular flexibility index (Phi) is 14.3. The summed E-state index contributed by atoms with van der Waals surface area (Å²) < 4.78 is 23.4. The molecule has 3 aliphatic heterocycles. The monoisotopic (exact) mass is 614 g/mol. The van der Waals surface area contributed by atoms with E-state index in [2.05, 4.69) is 6.08 Å². The molecular weight excluding hydrogens is 564 g/mol. The standard InChI is InChI=1S/C35H50O9/c1-5-41-34(40)28(37)17-12-13-18-31-35(4,23-36)32-22-27(43-31)16-9-6-8-14-24(2)20-30-25(3)29(38)21-26(42-30)15-10-7-11-19-33(39)44-32/h7-14,16,19-20,25-32,36-38H,5-6,15,17-18,21-23H2,1-4H3/b10-7+,13-12-,14-8-,16-9+,19-11-,24-20+/t25-,26+,27-,28-,29+,30-,31+,32-,35+/m1/s1. The van der Waals surface area contributed by atoms with Crippen LogP contribution in [0.4, 0.5) is 0 Å². The first-order chi connectivity index (χ1) is 21.1. The Morgan fingerprint density at radius 3 is 2.70 bits per heavy atom. The maximum absolute atomic E-state index is 12.9. The van der Waals surface area contributed by atoms with Gasteiger partial charge in [0.05, 0.1) is 49.1 Å². The number of carbonyl (C=O) groups is 2. The molecule has 4 bridgehead atoms. The lowest BCUT2D eigenvalue weighted by molar-refractivity contribution is -0.198. The number of carbonyl (C=O) groups excluding carboxylic acids is 2. The lowest BCUT2D eigenvalue weighted by Crippen LogP contribution is -2.55. The molecule has 244 valence electrons. The van der Waals surface area contributed by atoms with Gasteiger partial charge in [-0.1, -0.05) is 80.2 Å². The van der Waals surface area contributed by atoms with Crippen LogP contribution in [0.2, 0.25) is 0 Å². The largest absolute Gasteiger partial charge is 0.464 e. The first kappa shape index (κ1) is 35.7. The predicted molar refractivity (Wildman–Crippen MR) is 167 cm³/mol. The fraction of sp³-hybridized carbons (Fsp3) is 0.600. The normalized spacial score (nSPS) is 38.4. The average Bonchev–Trinajstić information content (AvgIpc) is 2.98. The van der Waals surface area contributed by atoms with Crippen LogP contribution in [-0.2, 0) is 28.5 Å². The quantitative estimate of drug-likeness (QED) is 0.281. The van der Waals surface area contributed by atoms with E-state index < -0.39 is 41.8 Å².